The van der Waals surface area contributed by atoms with Crippen LogP contribution in [0.5, 0.6) is 11.5 Å². The highest BCUT2D eigenvalue weighted by molar-refractivity contribution is 7.80. The van der Waals surface area contributed by atoms with Crippen molar-refractivity contribution in [3.8, 4) is 11.5 Å². The molecule has 0 radical (unpaired) electrons. The van der Waals surface area contributed by atoms with Crippen molar-refractivity contribution >= 4 is 96.2 Å². The predicted octanol–water partition coefficient (Wildman–Crippen LogP) is -4.78. The van der Waals surface area contributed by atoms with Gasteiger partial charge in [-0.25, -0.2) is 4.79 Å². The van der Waals surface area contributed by atoms with Crippen molar-refractivity contribution in [2.75, 3.05) is 18.1 Å². The fraction of sp³-hybridized carbons (Fsp3) is 0.510. The molecule has 9 atom stereocenters. The van der Waals surface area contributed by atoms with Crippen LogP contribution in [0.1, 0.15) is 76.3 Å². The highest BCUT2D eigenvalue weighted by Gasteiger charge is 2.36. The Morgan fingerprint density at radius 1 is 0.468 bits per heavy atom. The number of aromatic hydroxyl groups is 2. The SMILES string of the molecule is CC(C)C[C@H](NC(=O)[C@H](CCC(N)=O)NC(=O)[C@H](CCCCN)NC(=O)[C@H](CC(N)=O)NC(=O)[C@H](CC(N)=O)NC(=O)[C@@H](N)CS)C(=O)N[C@@H](Cc1ccc(O)cc1)C(=O)N[C@@H](Cc1ccc(O)cc1)C(=O)N[C@@H](CS)C(=O)O. The van der Waals surface area contributed by atoms with Gasteiger partial charge in [0.1, 0.15) is 59.8 Å². The molecule has 0 bridgehead atoms. The Morgan fingerprint density at radius 2 is 0.823 bits per heavy atom. The Kier molecular flexibility index (Phi) is 29.2. The summed E-state index contributed by atoms with van der Waals surface area (Å²) >= 11 is 7.93. The van der Waals surface area contributed by atoms with Crippen LogP contribution in [0.25, 0.3) is 0 Å². The molecule has 0 spiro atoms. The summed E-state index contributed by atoms with van der Waals surface area (Å²) in [6, 6.07) is -2.76. The van der Waals surface area contributed by atoms with Gasteiger partial charge in [-0.15, -0.1) is 0 Å². The third kappa shape index (κ3) is 25.1. The van der Waals surface area contributed by atoms with Gasteiger partial charge in [0.2, 0.25) is 65.0 Å². The van der Waals surface area contributed by atoms with E-state index in [1.807, 2.05) is 0 Å². The summed E-state index contributed by atoms with van der Waals surface area (Å²) in [7, 11) is 0. The zero-order chi connectivity index (χ0) is 59.5. The summed E-state index contributed by atoms with van der Waals surface area (Å²) in [6.45, 7) is 3.56. The van der Waals surface area contributed by atoms with E-state index in [1.165, 1.54) is 48.5 Å². The number of carboxylic acids is 1. The standard InChI is InChI=1S/C49H73N13O15S2/c1-24(2)17-32(44(71)59-33(18-25-6-10-27(63)11-7-25)45(72)60-34(19-26-8-12-28(64)13-9-26)46(73)62-37(23-79)49(76)77)58-43(70)31(14-15-38(52)65)56-42(69)30(5-3-4-16-50)55-47(74)36(21-40(54)67)61-48(75)35(20-39(53)66)57-41(68)29(51)22-78/h6-13,24,29-37,63-64,78-79H,3-5,14-23,50-51H2,1-2H3,(H2,52,65)(H2,53,66)(H2,54,67)(H,55,74)(H,56,69)(H,57,68)(H,58,70)(H,59,71)(H,60,72)(H,61,75)(H,62,73)(H,76,77)/t29-,30-,31-,32-,33-,34-,35-,36-,37-/m0/s1. The van der Waals surface area contributed by atoms with Crippen molar-refractivity contribution in [1.82, 2.24) is 42.5 Å². The fourth-order valence-corrected chi connectivity index (χ4v) is 7.86. The van der Waals surface area contributed by atoms with E-state index in [9.17, 15) is 72.9 Å². The number of phenols is 2. The van der Waals surface area contributed by atoms with E-state index in [1.54, 1.807) is 13.8 Å². The largest absolute Gasteiger partial charge is 0.508 e. The highest BCUT2D eigenvalue weighted by atomic mass is 32.1. The number of aliphatic carboxylic acids is 1. The lowest BCUT2D eigenvalue weighted by atomic mass is 9.99. The quantitative estimate of drug-likeness (QED) is 0.0225. The first-order chi connectivity index (χ1) is 37.2. The number of carboxylic acid groups (broad SMARTS) is 1. The number of unbranched alkanes of at least 4 members (excludes halogenated alkanes) is 1. The molecule has 2 aromatic carbocycles. The van der Waals surface area contributed by atoms with Gasteiger partial charge in [0.25, 0.3) is 0 Å². The van der Waals surface area contributed by atoms with E-state index in [2.05, 4.69) is 67.8 Å². The summed E-state index contributed by atoms with van der Waals surface area (Å²) in [6.07, 6.45) is -2.81. The van der Waals surface area contributed by atoms with Gasteiger partial charge in [-0.2, -0.15) is 25.3 Å². The Balaban J connectivity index is 2.55. The van der Waals surface area contributed by atoms with Crippen LogP contribution in [0.3, 0.4) is 0 Å². The third-order valence-electron chi connectivity index (χ3n) is 11.7. The molecule has 436 valence electrons. The molecule has 0 saturated carbocycles. The van der Waals surface area contributed by atoms with Crippen LogP contribution in [0, 0.1) is 5.92 Å². The van der Waals surface area contributed by atoms with E-state index >= 15 is 0 Å². The molecule has 0 aliphatic carbocycles. The van der Waals surface area contributed by atoms with Gasteiger partial charge in [-0.05, 0) is 80.0 Å². The number of amides is 11. The highest BCUT2D eigenvalue weighted by Crippen LogP contribution is 2.16. The first kappa shape index (κ1) is 67.4. The number of benzene rings is 2. The number of hydrogen-bond acceptors (Lipinski definition) is 18. The van der Waals surface area contributed by atoms with Crippen molar-refractivity contribution in [2.24, 2.45) is 34.6 Å². The normalized spacial score (nSPS) is 14.4. The molecule has 21 N–H and O–H groups in total. The predicted molar refractivity (Wildman–Crippen MR) is 291 cm³/mol. The number of carbonyl (C=O) groups is 12. The van der Waals surface area contributed by atoms with E-state index in [0.717, 1.165) is 0 Å². The maximum absolute atomic E-state index is 14.4. The number of thiol groups is 2. The molecule has 0 saturated heterocycles. The number of nitrogens with one attached hydrogen (secondary N) is 8. The molecule has 11 amide bonds. The molecule has 0 fully saturated rings. The van der Waals surface area contributed by atoms with Crippen LogP contribution >= 0.6 is 25.3 Å². The zero-order valence-electron chi connectivity index (χ0n) is 43.6. The minimum Gasteiger partial charge on any atom is -0.508 e. The molecular weight excluding hydrogens is 1070 g/mol. The van der Waals surface area contributed by atoms with Crippen molar-refractivity contribution in [3.63, 3.8) is 0 Å². The molecule has 0 aliphatic heterocycles. The lowest BCUT2D eigenvalue weighted by molar-refractivity contribution is -0.141. The summed E-state index contributed by atoms with van der Waals surface area (Å²) in [5.74, 6) is -13.7. The Morgan fingerprint density at radius 3 is 1.20 bits per heavy atom. The Bertz CT molecular complexity index is 2450. The second-order valence-electron chi connectivity index (χ2n) is 18.8. The van der Waals surface area contributed by atoms with Crippen LogP contribution < -0.4 is 71.2 Å². The molecule has 28 nitrogen and oxygen atoms in total. The monoisotopic (exact) mass is 1150 g/mol. The molecule has 30 heteroatoms. The maximum atomic E-state index is 14.4. The Labute approximate surface area is 466 Å². The first-order valence-corrected chi connectivity index (χ1v) is 26.2. The van der Waals surface area contributed by atoms with E-state index in [4.69, 9.17) is 28.7 Å². The fourth-order valence-electron chi connectivity index (χ4n) is 7.45. The van der Waals surface area contributed by atoms with E-state index in [-0.39, 0.29) is 67.6 Å². The number of nitrogens with two attached hydrogens (primary N) is 5. The molecule has 0 heterocycles. The average molecular weight is 1150 g/mol. The molecule has 2 rings (SSSR count). The minimum atomic E-state index is -1.82. The molecule has 0 aliphatic rings. The van der Waals surface area contributed by atoms with Gasteiger partial charge in [-0.1, -0.05) is 38.1 Å². The van der Waals surface area contributed by atoms with Crippen molar-refractivity contribution < 1.29 is 72.9 Å². The zero-order valence-corrected chi connectivity index (χ0v) is 45.4. The van der Waals surface area contributed by atoms with Crippen molar-refractivity contribution in [3.05, 3.63) is 59.7 Å². The van der Waals surface area contributed by atoms with Crippen LogP contribution in [0.4, 0.5) is 0 Å². The van der Waals surface area contributed by atoms with E-state index in [0.29, 0.717) is 17.5 Å². The van der Waals surface area contributed by atoms with Crippen LogP contribution in [0.15, 0.2) is 48.5 Å². The summed E-state index contributed by atoms with van der Waals surface area (Å²) in [4.78, 5) is 159. The van der Waals surface area contributed by atoms with Gasteiger partial charge in [-0.3, -0.25) is 52.7 Å². The van der Waals surface area contributed by atoms with Gasteiger partial charge >= 0.3 is 5.97 Å². The topological polar surface area (TPSA) is 492 Å². The third-order valence-corrected chi connectivity index (χ3v) is 12.4. The first-order valence-electron chi connectivity index (χ1n) is 24.9. The van der Waals surface area contributed by atoms with Crippen LogP contribution in [-0.4, -0.2) is 159 Å². The van der Waals surface area contributed by atoms with Gasteiger partial charge in [0.05, 0.1) is 18.9 Å². The molecule has 79 heavy (non-hydrogen) atoms. The number of primary amides is 3. The van der Waals surface area contributed by atoms with E-state index < -0.39 is 151 Å². The number of phenolic OH excluding ortho intramolecular Hbond substituents is 2. The molecular formula is C49H73N13O15S2. The Hall–Kier alpha value is -7.70. The number of rotatable bonds is 36. The van der Waals surface area contributed by atoms with Gasteiger partial charge in [0, 0.05) is 30.8 Å². The second-order valence-corrected chi connectivity index (χ2v) is 19.5. The van der Waals surface area contributed by atoms with Crippen LogP contribution in [-0.2, 0) is 70.4 Å². The molecule has 0 aromatic heterocycles. The van der Waals surface area contributed by atoms with Gasteiger partial charge < -0.3 is 86.5 Å². The average Bonchev–Trinajstić information content (AvgIpc) is 3.38. The van der Waals surface area contributed by atoms with Crippen LogP contribution in [0.2, 0.25) is 0 Å². The maximum Gasteiger partial charge on any atom is 0.327 e. The molecule has 2 aromatic rings. The smallest absolute Gasteiger partial charge is 0.327 e. The summed E-state index contributed by atoms with van der Waals surface area (Å²) in [5.41, 5.74) is 28.3. The minimum absolute atomic E-state index is 0.0927. The lowest BCUT2D eigenvalue weighted by Crippen LogP contribution is -2.61. The number of hydrogen-bond donors (Lipinski definition) is 18. The lowest BCUT2D eigenvalue weighted by Gasteiger charge is -2.28. The summed E-state index contributed by atoms with van der Waals surface area (Å²) in [5, 5.41) is 48.8. The number of carbonyl (C=O) groups excluding carboxylic acids is 11. The van der Waals surface area contributed by atoms with Crippen molar-refractivity contribution in [2.45, 2.75) is 132 Å². The molecule has 0 unspecified atom stereocenters. The second kappa shape index (κ2) is 34.2. The van der Waals surface area contributed by atoms with Crippen molar-refractivity contribution in [1.29, 1.82) is 0 Å². The summed E-state index contributed by atoms with van der Waals surface area (Å²) < 4.78 is 0. The van der Waals surface area contributed by atoms with Gasteiger partial charge in [0.15, 0.2) is 0 Å².